The van der Waals surface area contributed by atoms with E-state index in [4.69, 9.17) is 0 Å². The SMILES string of the molecule is Cc1ccc(N(c2ccc(C)cc2)c2ccc(C3=C(O)/C(=C4/C=CC(=[PH](c5ccc(C)cc5)c5ccc(C)cc5)C=C4NC(=O)CC(C)CCCC(C)C)C3=O)c(NC(=O)CC(C)CCCC(C)C)c2)cc1. The molecule has 3 N–H and O–H groups in total. The van der Waals surface area contributed by atoms with Crippen LogP contribution >= 0.6 is 7.55 Å². The second-order valence-corrected chi connectivity index (χ2v) is 23.9. The molecule has 0 heterocycles. The molecule has 8 heteroatoms. The van der Waals surface area contributed by atoms with Crippen molar-refractivity contribution >= 4 is 69.4 Å². The molecule has 0 aromatic heterocycles. The second-order valence-electron chi connectivity index (χ2n) is 21.4. The largest absolute Gasteiger partial charge is 0.506 e. The molecule has 0 bridgehead atoms. The number of carbonyl (C=O) groups is 3. The van der Waals surface area contributed by atoms with E-state index in [0.29, 0.717) is 47.2 Å². The third kappa shape index (κ3) is 13.5. The normalized spacial score (nSPS) is 15.5. The van der Waals surface area contributed by atoms with E-state index < -0.39 is 7.55 Å². The third-order valence-corrected chi connectivity index (χ3v) is 16.6. The number of anilines is 4. The van der Waals surface area contributed by atoms with E-state index in [9.17, 15) is 19.5 Å². The van der Waals surface area contributed by atoms with Crippen molar-refractivity contribution in [3.63, 3.8) is 0 Å². The number of aryl methyl sites for hydroxylation is 4. The predicted octanol–water partition coefficient (Wildman–Crippen LogP) is 14.8. The number of allylic oxidation sites excluding steroid dienone is 5. The summed E-state index contributed by atoms with van der Waals surface area (Å²) in [6.45, 7) is 21.4. The van der Waals surface area contributed by atoms with Crippen LogP contribution in [0.15, 0.2) is 156 Å². The van der Waals surface area contributed by atoms with E-state index >= 15 is 0 Å². The highest BCUT2D eigenvalue weighted by atomic mass is 31.1. The summed E-state index contributed by atoms with van der Waals surface area (Å²) in [6, 6.07) is 39.6. The number of nitrogens with zero attached hydrogens (tertiary/aromatic N) is 1. The van der Waals surface area contributed by atoms with Gasteiger partial charge in [-0.2, -0.15) is 0 Å². The lowest BCUT2D eigenvalue weighted by Gasteiger charge is -2.30. The van der Waals surface area contributed by atoms with Gasteiger partial charge in [-0.15, -0.1) is 0 Å². The van der Waals surface area contributed by atoms with Gasteiger partial charge in [0.15, 0.2) is 0 Å². The first-order chi connectivity index (χ1) is 34.4. The van der Waals surface area contributed by atoms with Crippen LogP contribution in [0.4, 0.5) is 22.7 Å². The molecule has 2 amide bonds. The average molecular weight is 982 g/mol. The quantitative estimate of drug-likeness (QED) is 0.0533. The second kappa shape index (κ2) is 24.3. The summed E-state index contributed by atoms with van der Waals surface area (Å²) >= 11 is 0. The summed E-state index contributed by atoms with van der Waals surface area (Å²) in [5, 5.41) is 22.2. The lowest BCUT2D eigenvalue weighted by molar-refractivity contribution is -0.121. The van der Waals surface area contributed by atoms with Gasteiger partial charge in [0.05, 0.1) is 16.8 Å². The van der Waals surface area contributed by atoms with Gasteiger partial charge in [0.25, 0.3) is 0 Å². The fourth-order valence-electron chi connectivity index (χ4n) is 9.68. The van der Waals surface area contributed by atoms with E-state index in [1.54, 1.807) is 0 Å². The summed E-state index contributed by atoms with van der Waals surface area (Å²) in [5.74, 6) is 0.695. The zero-order valence-electron chi connectivity index (χ0n) is 44.3. The first-order valence-electron chi connectivity index (χ1n) is 26.1. The number of aliphatic hydroxyl groups excluding tert-OH is 1. The van der Waals surface area contributed by atoms with E-state index in [0.717, 1.165) is 72.0 Å². The summed E-state index contributed by atoms with van der Waals surface area (Å²) < 4.78 is 0. The summed E-state index contributed by atoms with van der Waals surface area (Å²) in [7, 11) is -1.57. The molecule has 0 saturated heterocycles. The summed E-state index contributed by atoms with van der Waals surface area (Å²) in [5.41, 5.74) is 9.33. The number of hydrogen-bond donors (Lipinski definition) is 3. The van der Waals surface area contributed by atoms with Gasteiger partial charge in [-0.25, -0.2) is 0 Å². The van der Waals surface area contributed by atoms with Gasteiger partial charge in [-0.3, -0.25) is 14.4 Å². The van der Waals surface area contributed by atoms with Crippen molar-refractivity contribution in [2.45, 2.75) is 121 Å². The number of aliphatic hydroxyl groups is 1. The van der Waals surface area contributed by atoms with Crippen molar-refractivity contribution < 1.29 is 19.5 Å². The highest BCUT2D eigenvalue weighted by Crippen LogP contribution is 2.45. The Morgan fingerprint density at radius 2 is 1.00 bits per heavy atom. The van der Waals surface area contributed by atoms with Crippen LogP contribution in [0.5, 0.6) is 0 Å². The summed E-state index contributed by atoms with van der Waals surface area (Å²) in [4.78, 5) is 45.2. The Hall–Kier alpha value is -6.43. The number of carbonyl (C=O) groups excluding carboxylic acids is 3. The highest BCUT2D eigenvalue weighted by Gasteiger charge is 2.40. The highest BCUT2D eigenvalue weighted by molar-refractivity contribution is 7.74. The van der Waals surface area contributed by atoms with Crippen molar-refractivity contribution in [2.75, 3.05) is 10.2 Å². The average Bonchev–Trinajstić information content (AvgIpc) is 3.32. The number of benzene rings is 5. The van der Waals surface area contributed by atoms with Gasteiger partial charge >= 0.3 is 0 Å². The Balaban J connectivity index is 1.34. The molecule has 0 spiro atoms. The number of hydrogen-bond acceptors (Lipinski definition) is 5. The minimum Gasteiger partial charge on any atom is -0.506 e. The molecule has 2 unspecified atom stereocenters. The Morgan fingerprint density at radius 1 is 0.556 bits per heavy atom. The molecule has 5 aromatic carbocycles. The number of Topliss-reactive ketones (excluding diaryl/α,β-unsaturated/α-hetero) is 1. The molecule has 72 heavy (non-hydrogen) atoms. The van der Waals surface area contributed by atoms with Crippen LogP contribution in [0.25, 0.3) is 5.57 Å². The van der Waals surface area contributed by atoms with Gasteiger partial charge in [-0.05, 0) is 116 Å². The van der Waals surface area contributed by atoms with Crippen LogP contribution in [0.3, 0.4) is 0 Å². The minimum absolute atomic E-state index is 0.123. The van der Waals surface area contributed by atoms with Crippen molar-refractivity contribution in [3.05, 3.63) is 184 Å². The molecule has 376 valence electrons. The van der Waals surface area contributed by atoms with Gasteiger partial charge in [0, 0.05) is 46.7 Å². The first-order valence-corrected chi connectivity index (χ1v) is 27.6. The molecule has 7 rings (SSSR count). The minimum atomic E-state index is -1.57. The van der Waals surface area contributed by atoms with Crippen LogP contribution in [0.2, 0.25) is 0 Å². The van der Waals surface area contributed by atoms with Gasteiger partial charge in [-0.1, -0.05) is 195 Å². The van der Waals surface area contributed by atoms with Crippen LogP contribution in [0.1, 0.15) is 121 Å². The molecule has 5 aromatic rings. The monoisotopic (exact) mass is 982 g/mol. The Bertz CT molecular complexity index is 2820. The van der Waals surface area contributed by atoms with Gasteiger partial charge < -0.3 is 20.6 Å². The Morgan fingerprint density at radius 3 is 1.46 bits per heavy atom. The molecule has 0 saturated carbocycles. The van der Waals surface area contributed by atoms with Crippen molar-refractivity contribution in [1.82, 2.24) is 5.32 Å². The molecule has 7 nitrogen and oxygen atoms in total. The molecule has 2 atom stereocenters. The summed E-state index contributed by atoms with van der Waals surface area (Å²) in [6.07, 6.45) is 12.8. The molecule has 2 aliphatic rings. The number of rotatable bonds is 20. The maximum Gasteiger partial charge on any atom is 0.224 e. The van der Waals surface area contributed by atoms with E-state index in [2.05, 4.69) is 182 Å². The Labute approximate surface area is 430 Å². The van der Waals surface area contributed by atoms with Crippen molar-refractivity contribution in [1.29, 1.82) is 0 Å². The van der Waals surface area contributed by atoms with E-state index in [1.807, 2.05) is 36.4 Å². The lowest BCUT2D eigenvalue weighted by Crippen LogP contribution is -2.31. The maximum absolute atomic E-state index is 14.9. The fraction of sp³-hybridized carbons (Fsp3) is 0.344. The first kappa shape index (κ1) is 53.4. The predicted molar refractivity (Wildman–Crippen MR) is 306 cm³/mol. The number of amides is 2. The fourth-order valence-corrected chi connectivity index (χ4v) is 12.2. The molecular formula is C64H76N3O4P. The molecule has 0 fully saturated rings. The van der Waals surface area contributed by atoms with Crippen LogP contribution in [-0.2, 0) is 14.4 Å². The zero-order valence-corrected chi connectivity index (χ0v) is 45.3. The van der Waals surface area contributed by atoms with Crippen molar-refractivity contribution in [3.8, 4) is 0 Å². The smallest absolute Gasteiger partial charge is 0.224 e. The number of nitrogens with one attached hydrogen (secondary N) is 2. The third-order valence-electron chi connectivity index (χ3n) is 13.9. The number of ketones is 1. The standard InChI is InChI=1S/C64H76N3O4P/c1-41(2)13-11-15-47(9)37-59(68)65-57-39-51(67(49-25-17-43(5)18-26-49)50-27-19-44(6)20-28-50)29-35-55(57)61-63(70)62(64(61)71)56-36-34-54(40-58(56)66-60(69)38-48(10)16-12-14-42(3)4)72(52-30-21-45(7)22-31-52)53-32-23-46(8)24-33-53/h17-36,39-42,47-48,70,72H,11-16,37-38H2,1-10H3,(H,65,68)(H,66,69)/b62-56+. The molecule has 0 aliphatic heterocycles. The topological polar surface area (TPSA) is 98.7 Å². The molecular weight excluding hydrogens is 906 g/mol. The molecule has 0 radical (unpaired) electrons. The Kier molecular flexibility index (Phi) is 18.0. The van der Waals surface area contributed by atoms with Gasteiger partial charge in [0.1, 0.15) is 5.76 Å². The van der Waals surface area contributed by atoms with Crippen LogP contribution < -0.4 is 26.1 Å². The zero-order chi connectivity index (χ0) is 51.6. The lowest BCUT2D eigenvalue weighted by atomic mass is 9.78. The molecule has 2 aliphatic carbocycles. The maximum atomic E-state index is 14.9. The van der Waals surface area contributed by atoms with Crippen LogP contribution in [-0.4, -0.2) is 28.0 Å². The van der Waals surface area contributed by atoms with E-state index in [1.165, 1.54) is 21.7 Å². The van der Waals surface area contributed by atoms with Crippen LogP contribution in [0, 0.1) is 51.4 Å². The van der Waals surface area contributed by atoms with Crippen molar-refractivity contribution in [2.24, 2.45) is 23.7 Å². The van der Waals surface area contributed by atoms with Gasteiger partial charge in [0.2, 0.25) is 17.6 Å². The van der Waals surface area contributed by atoms with E-state index in [-0.39, 0.29) is 46.3 Å².